The summed E-state index contributed by atoms with van der Waals surface area (Å²) in [6.07, 6.45) is 3.12. The van der Waals surface area contributed by atoms with Gasteiger partial charge in [-0.2, -0.15) is 9.78 Å². The molecule has 4 aromatic rings. The Morgan fingerprint density at radius 2 is 2.00 bits per heavy atom. The van der Waals surface area contributed by atoms with Gasteiger partial charge in [0.25, 0.3) is 5.56 Å². The molecule has 0 amide bonds. The van der Waals surface area contributed by atoms with Crippen LogP contribution in [0, 0.1) is 13.8 Å². The molecule has 0 fully saturated rings. The van der Waals surface area contributed by atoms with Crippen LogP contribution in [0.1, 0.15) is 16.8 Å². The van der Waals surface area contributed by atoms with Crippen LogP contribution in [0.15, 0.2) is 52.6 Å². The van der Waals surface area contributed by atoms with Crippen molar-refractivity contribution in [2.24, 2.45) is 5.10 Å². The minimum Gasteiger partial charge on any atom is -0.266 e. The molecule has 24 heavy (non-hydrogen) atoms. The van der Waals surface area contributed by atoms with Crippen LogP contribution in [0.25, 0.3) is 20.4 Å². The molecule has 4 rings (SSSR count). The minimum absolute atomic E-state index is 0.174. The number of benzene rings is 1. The summed E-state index contributed by atoms with van der Waals surface area (Å²) in [5.41, 5.74) is 3.48. The van der Waals surface area contributed by atoms with Crippen molar-refractivity contribution in [3.8, 4) is 0 Å². The summed E-state index contributed by atoms with van der Waals surface area (Å²) >= 11 is 1.37. The quantitative estimate of drug-likeness (QED) is 0.527. The molecule has 3 aromatic heterocycles. The van der Waals surface area contributed by atoms with E-state index in [1.807, 2.05) is 50.2 Å². The first-order valence-corrected chi connectivity index (χ1v) is 8.32. The molecular formula is C18H14N4OS. The standard InChI is InChI=1S/C18H14N4OS/c1-11-8-12(2)21-17-14(11)15-16(24-17)18(23)22(10-19-15)20-9-13-6-4-3-5-7-13/h3-10H,1-2H3/b20-9+. The normalized spacial score (nSPS) is 11.8. The number of aromatic nitrogens is 3. The highest BCUT2D eigenvalue weighted by atomic mass is 32.1. The Kier molecular flexibility index (Phi) is 3.46. The Labute approximate surface area is 141 Å². The first-order valence-electron chi connectivity index (χ1n) is 7.51. The van der Waals surface area contributed by atoms with Crippen LogP contribution in [0.4, 0.5) is 0 Å². The predicted octanol–water partition coefficient (Wildman–Crippen LogP) is 3.51. The largest absolute Gasteiger partial charge is 0.291 e. The monoisotopic (exact) mass is 334 g/mol. The van der Waals surface area contributed by atoms with E-state index in [0.717, 1.165) is 27.0 Å². The van der Waals surface area contributed by atoms with Crippen molar-refractivity contribution in [2.75, 3.05) is 0 Å². The smallest absolute Gasteiger partial charge is 0.266 e. The van der Waals surface area contributed by atoms with Crippen LogP contribution < -0.4 is 5.56 Å². The second kappa shape index (κ2) is 5.65. The topological polar surface area (TPSA) is 60.1 Å². The first-order chi connectivity index (χ1) is 11.6. The lowest BCUT2D eigenvalue weighted by molar-refractivity contribution is 0.819. The second-order valence-corrected chi connectivity index (χ2v) is 6.59. The molecule has 0 aliphatic rings. The third-order valence-corrected chi connectivity index (χ3v) is 4.85. The molecule has 0 N–H and O–H groups in total. The molecule has 0 saturated heterocycles. The molecule has 0 atom stereocenters. The highest BCUT2D eigenvalue weighted by molar-refractivity contribution is 7.25. The lowest BCUT2D eigenvalue weighted by Crippen LogP contribution is -2.15. The fourth-order valence-electron chi connectivity index (χ4n) is 2.71. The van der Waals surface area contributed by atoms with E-state index in [4.69, 9.17) is 0 Å². The molecule has 6 heteroatoms. The van der Waals surface area contributed by atoms with Crippen LogP contribution in [-0.4, -0.2) is 20.9 Å². The maximum Gasteiger partial charge on any atom is 0.291 e. The Morgan fingerprint density at radius 1 is 1.21 bits per heavy atom. The van der Waals surface area contributed by atoms with E-state index in [1.165, 1.54) is 22.3 Å². The number of thiophene rings is 1. The Bertz CT molecular complexity index is 1140. The first kappa shape index (κ1) is 14.7. The summed E-state index contributed by atoms with van der Waals surface area (Å²) in [5.74, 6) is 0. The molecule has 0 saturated carbocycles. The van der Waals surface area contributed by atoms with Crippen molar-refractivity contribution in [1.82, 2.24) is 14.6 Å². The fourth-order valence-corrected chi connectivity index (χ4v) is 3.89. The average Bonchev–Trinajstić information content (AvgIpc) is 2.94. The van der Waals surface area contributed by atoms with E-state index in [1.54, 1.807) is 6.21 Å². The lowest BCUT2D eigenvalue weighted by Gasteiger charge is -1.99. The molecule has 1 aromatic carbocycles. The van der Waals surface area contributed by atoms with E-state index in [9.17, 15) is 4.79 Å². The summed E-state index contributed by atoms with van der Waals surface area (Å²) in [4.78, 5) is 22.5. The van der Waals surface area contributed by atoms with Gasteiger partial charge in [0.05, 0.1) is 11.7 Å². The molecule has 0 bridgehead atoms. The summed E-state index contributed by atoms with van der Waals surface area (Å²) in [7, 11) is 0. The molecule has 0 radical (unpaired) electrons. The Balaban J connectivity index is 1.90. The molecule has 0 spiro atoms. The summed E-state index contributed by atoms with van der Waals surface area (Å²) < 4.78 is 1.85. The Morgan fingerprint density at radius 3 is 2.79 bits per heavy atom. The van der Waals surface area contributed by atoms with Gasteiger partial charge < -0.3 is 0 Å². The third kappa shape index (κ3) is 2.41. The van der Waals surface area contributed by atoms with Crippen LogP contribution in [0.2, 0.25) is 0 Å². The molecule has 118 valence electrons. The maximum absolute atomic E-state index is 12.7. The fraction of sp³-hybridized carbons (Fsp3) is 0.111. The van der Waals surface area contributed by atoms with E-state index in [2.05, 4.69) is 15.1 Å². The number of hydrogen-bond acceptors (Lipinski definition) is 5. The van der Waals surface area contributed by atoms with Crippen molar-refractivity contribution < 1.29 is 0 Å². The summed E-state index contributed by atoms with van der Waals surface area (Å²) in [5, 5.41) is 5.19. The minimum atomic E-state index is -0.174. The van der Waals surface area contributed by atoms with Crippen molar-refractivity contribution in [3.63, 3.8) is 0 Å². The number of hydrogen-bond donors (Lipinski definition) is 0. The van der Waals surface area contributed by atoms with Gasteiger partial charge in [-0.25, -0.2) is 9.97 Å². The number of nitrogens with zero attached hydrogens (tertiary/aromatic N) is 4. The van der Waals surface area contributed by atoms with Gasteiger partial charge in [0.2, 0.25) is 0 Å². The third-order valence-electron chi connectivity index (χ3n) is 3.79. The van der Waals surface area contributed by atoms with Crippen molar-refractivity contribution in [2.45, 2.75) is 13.8 Å². The maximum atomic E-state index is 12.7. The Hall–Kier alpha value is -2.86. The van der Waals surface area contributed by atoms with Gasteiger partial charge in [-0.05, 0) is 31.0 Å². The van der Waals surface area contributed by atoms with Gasteiger partial charge in [-0.15, -0.1) is 11.3 Å². The average molecular weight is 334 g/mol. The van der Waals surface area contributed by atoms with Gasteiger partial charge in [0, 0.05) is 11.1 Å². The van der Waals surface area contributed by atoms with Gasteiger partial charge in [-0.1, -0.05) is 30.3 Å². The number of fused-ring (bicyclic) bond motifs is 3. The zero-order valence-corrected chi connectivity index (χ0v) is 14.0. The van der Waals surface area contributed by atoms with Crippen molar-refractivity contribution >= 4 is 38.0 Å². The van der Waals surface area contributed by atoms with Crippen molar-refractivity contribution in [1.29, 1.82) is 0 Å². The summed E-state index contributed by atoms with van der Waals surface area (Å²) in [6.45, 7) is 3.97. The number of aryl methyl sites for hydroxylation is 2. The van der Waals surface area contributed by atoms with Gasteiger partial charge >= 0.3 is 0 Å². The highest BCUT2D eigenvalue weighted by Gasteiger charge is 2.14. The van der Waals surface area contributed by atoms with E-state index in [-0.39, 0.29) is 5.56 Å². The SMILES string of the molecule is Cc1cc(C)c2c(n1)sc1c(=O)n(/N=C/c3ccccc3)cnc12. The van der Waals surface area contributed by atoms with E-state index in [0.29, 0.717) is 10.2 Å². The zero-order valence-electron chi connectivity index (χ0n) is 13.2. The molecule has 0 unspecified atom stereocenters. The second-order valence-electron chi connectivity index (χ2n) is 5.59. The molecule has 0 aliphatic heterocycles. The van der Waals surface area contributed by atoms with Gasteiger partial charge in [0.15, 0.2) is 0 Å². The number of pyridine rings is 1. The molecule has 5 nitrogen and oxygen atoms in total. The molecule has 0 aliphatic carbocycles. The van der Waals surface area contributed by atoms with Crippen LogP contribution in [0.3, 0.4) is 0 Å². The molecular weight excluding hydrogens is 320 g/mol. The predicted molar refractivity (Wildman–Crippen MR) is 98.1 cm³/mol. The van der Waals surface area contributed by atoms with E-state index >= 15 is 0 Å². The van der Waals surface area contributed by atoms with Crippen LogP contribution in [-0.2, 0) is 0 Å². The zero-order chi connectivity index (χ0) is 16.7. The molecule has 3 heterocycles. The summed E-state index contributed by atoms with van der Waals surface area (Å²) in [6, 6.07) is 11.6. The van der Waals surface area contributed by atoms with Gasteiger partial charge in [-0.3, -0.25) is 4.79 Å². The van der Waals surface area contributed by atoms with E-state index < -0.39 is 0 Å². The highest BCUT2D eigenvalue weighted by Crippen LogP contribution is 2.31. The van der Waals surface area contributed by atoms with Crippen LogP contribution >= 0.6 is 11.3 Å². The van der Waals surface area contributed by atoms with Crippen LogP contribution in [0.5, 0.6) is 0 Å². The number of rotatable bonds is 2. The lowest BCUT2D eigenvalue weighted by atomic mass is 10.1. The van der Waals surface area contributed by atoms with Gasteiger partial charge in [0.1, 0.15) is 15.9 Å². The van der Waals surface area contributed by atoms with Crippen molar-refractivity contribution in [3.05, 3.63) is 69.9 Å².